The predicted octanol–water partition coefficient (Wildman–Crippen LogP) is 1.86. The molecule has 0 radical (unpaired) electrons. The summed E-state index contributed by atoms with van der Waals surface area (Å²) in [5, 5.41) is 4.48. The van der Waals surface area contributed by atoms with Gasteiger partial charge in [0.25, 0.3) is 0 Å². The van der Waals surface area contributed by atoms with E-state index in [0.29, 0.717) is 11.6 Å². The highest BCUT2D eigenvalue weighted by Gasteiger charge is 2.23. The number of fused-ring (bicyclic) bond motifs is 3. The van der Waals surface area contributed by atoms with Gasteiger partial charge in [-0.1, -0.05) is 0 Å². The number of aryl methyl sites for hydroxylation is 1. The van der Waals surface area contributed by atoms with Gasteiger partial charge in [-0.15, -0.1) is 0 Å². The molecule has 3 rings (SSSR count). The smallest absolute Gasteiger partial charge is 0.248 e. The van der Waals surface area contributed by atoms with E-state index in [1.54, 1.807) is 6.07 Å². The molecule has 0 spiro atoms. The lowest BCUT2D eigenvalue weighted by Gasteiger charge is -2.22. The van der Waals surface area contributed by atoms with Gasteiger partial charge in [-0.25, -0.2) is 0 Å². The number of rotatable bonds is 2. The van der Waals surface area contributed by atoms with E-state index in [0.717, 1.165) is 23.7 Å². The summed E-state index contributed by atoms with van der Waals surface area (Å²) in [6.07, 6.45) is 3.40. The van der Waals surface area contributed by atoms with Crippen molar-refractivity contribution in [1.82, 2.24) is 10.3 Å². The monoisotopic (exact) mass is 243 g/mol. The van der Waals surface area contributed by atoms with E-state index < -0.39 is 0 Å². The second kappa shape index (κ2) is 4.14. The van der Waals surface area contributed by atoms with Crippen LogP contribution < -0.4 is 11.1 Å². The van der Waals surface area contributed by atoms with E-state index in [1.165, 1.54) is 17.7 Å². The van der Waals surface area contributed by atoms with Crippen LogP contribution in [0, 0.1) is 0 Å². The van der Waals surface area contributed by atoms with Gasteiger partial charge < -0.3 is 16.0 Å². The van der Waals surface area contributed by atoms with E-state index in [2.05, 4.69) is 10.3 Å². The van der Waals surface area contributed by atoms with Crippen molar-refractivity contribution >= 4 is 16.8 Å². The Hall–Kier alpha value is -1.81. The highest BCUT2D eigenvalue weighted by atomic mass is 16.1. The number of hydrogen-bond donors (Lipinski definition) is 3. The van der Waals surface area contributed by atoms with Gasteiger partial charge in [-0.05, 0) is 50.1 Å². The van der Waals surface area contributed by atoms with Crippen LogP contribution in [-0.2, 0) is 6.42 Å². The molecular weight excluding hydrogens is 226 g/mol. The van der Waals surface area contributed by atoms with Crippen molar-refractivity contribution in [2.24, 2.45) is 5.73 Å². The van der Waals surface area contributed by atoms with Crippen molar-refractivity contribution in [1.29, 1.82) is 0 Å². The van der Waals surface area contributed by atoms with Crippen molar-refractivity contribution in [2.45, 2.75) is 25.3 Å². The van der Waals surface area contributed by atoms with Crippen LogP contribution in [0.5, 0.6) is 0 Å². The zero-order valence-corrected chi connectivity index (χ0v) is 10.4. The van der Waals surface area contributed by atoms with Crippen molar-refractivity contribution in [2.75, 3.05) is 7.05 Å². The Labute approximate surface area is 106 Å². The average molecular weight is 243 g/mol. The van der Waals surface area contributed by atoms with Gasteiger partial charge in [0.05, 0.1) is 0 Å². The number of H-pyrrole nitrogens is 1. The molecule has 0 aliphatic heterocycles. The Morgan fingerprint density at radius 2 is 2.33 bits per heavy atom. The molecule has 0 saturated heterocycles. The summed E-state index contributed by atoms with van der Waals surface area (Å²) in [5.41, 5.74) is 9.61. The molecule has 0 unspecified atom stereocenters. The molecule has 0 bridgehead atoms. The molecule has 1 heterocycles. The van der Waals surface area contributed by atoms with Crippen molar-refractivity contribution in [3.05, 3.63) is 35.0 Å². The quantitative estimate of drug-likeness (QED) is 0.753. The third-order valence-corrected chi connectivity index (χ3v) is 3.82. The summed E-state index contributed by atoms with van der Waals surface area (Å²) in [6.45, 7) is 0. The number of hydrogen-bond acceptors (Lipinski definition) is 2. The van der Waals surface area contributed by atoms with Gasteiger partial charge in [0, 0.05) is 28.2 Å². The minimum atomic E-state index is -0.372. The number of aromatic nitrogens is 1. The number of carbonyl (C=O) groups excluding carboxylic acids is 1. The molecular formula is C14H17N3O. The fraction of sp³-hybridized carbons (Fsp3) is 0.357. The molecule has 1 aromatic carbocycles. The zero-order valence-electron chi connectivity index (χ0n) is 10.4. The Kier molecular flexibility index (Phi) is 2.59. The first-order valence-electron chi connectivity index (χ1n) is 6.32. The van der Waals surface area contributed by atoms with Crippen LogP contribution in [0.25, 0.3) is 10.9 Å². The summed E-state index contributed by atoms with van der Waals surface area (Å²) in [7, 11) is 1.98. The van der Waals surface area contributed by atoms with E-state index in [9.17, 15) is 4.79 Å². The van der Waals surface area contributed by atoms with E-state index >= 15 is 0 Å². The minimum Gasteiger partial charge on any atom is -0.366 e. The average Bonchev–Trinajstić information content (AvgIpc) is 2.75. The van der Waals surface area contributed by atoms with Gasteiger partial charge in [0.15, 0.2) is 0 Å². The maximum absolute atomic E-state index is 11.3. The second-order valence-corrected chi connectivity index (χ2v) is 4.88. The number of aromatic amines is 1. The summed E-state index contributed by atoms with van der Waals surface area (Å²) in [6, 6.07) is 6.00. The fourth-order valence-electron chi connectivity index (χ4n) is 2.93. The van der Waals surface area contributed by atoms with E-state index in [1.807, 2.05) is 19.2 Å². The maximum Gasteiger partial charge on any atom is 0.248 e. The lowest BCUT2D eigenvalue weighted by Crippen LogP contribution is -2.21. The first-order valence-corrected chi connectivity index (χ1v) is 6.32. The van der Waals surface area contributed by atoms with Crippen LogP contribution in [-0.4, -0.2) is 17.9 Å². The number of amides is 1. The first-order chi connectivity index (χ1) is 8.70. The first kappa shape index (κ1) is 11.3. The normalized spacial score (nSPS) is 18.8. The molecule has 4 heteroatoms. The molecule has 0 fully saturated rings. The van der Waals surface area contributed by atoms with E-state index in [-0.39, 0.29) is 5.91 Å². The van der Waals surface area contributed by atoms with E-state index in [4.69, 9.17) is 5.73 Å². The standard InChI is InChI=1S/C14H17N3O/c1-16-11-3-2-4-12-13(11)9-7-8(14(15)18)5-6-10(9)17-12/h5-7,11,16-17H,2-4H2,1H3,(H2,15,18)/t11-/m1/s1. The van der Waals surface area contributed by atoms with Crippen LogP contribution in [0.1, 0.15) is 40.5 Å². The van der Waals surface area contributed by atoms with Crippen LogP contribution >= 0.6 is 0 Å². The van der Waals surface area contributed by atoms with Crippen LogP contribution in [0.4, 0.5) is 0 Å². The molecule has 1 aliphatic rings. The molecule has 4 N–H and O–H groups in total. The maximum atomic E-state index is 11.3. The predicted molar refractivity (Wildman–Crippen MR) is 71.6 cm³/mol. The topological polar surface area (TPSA) is 70.9 Å². The van der Waals surface area contributed by atoms with Gasteiger partial charge in [0.2, 0.25) is 5.91 Å². The molecule has 94 valence electrons. The Balaban J connectivity index is 2.24. The molecule has 18 heavy (non-hydrogen) atoms. The highest BCUT2D eigenvalue weighted by molar-refractivity contribution is 5.98. The zero-order chi connectivity index (χ0) is 12.7. The van der Waals surface area contributed by atoms with Crippen molar-refractivity contribution in [3.8, 4) is 0 Å². The summed E-state index contributed by atoms with van der Waals surface area (Å²) < 4.78 is 0. The number of carbonyl (C=O) groups is 1. The van der Waals surface area contributed by atoms with Crippen LogP contribution in [0.3, 0.4) is 0 Å². The second-order valence-electron chi connectivity index (χ2n) is 4.88. The molecule has 1 aromatic heterocycles. The number of benzene rings is 1. The van der Waals surface area contributed by atoms with Gasteiger partial charge in [-0.3, -0.25) is 4.79 Å². The minimum absolute atomic E-state index is 0.366. The van der Waals surface area contributed by atoms with Crippen LogP contribution in [0.2, 0.25) is 0 Å². The van der Waals surface area contributed by atoms with Gasteiger partial charge >= 0.3 is 0 Å². The SMILES string of the molecule is CN[C@@H]1CCCc2[nH]c3ccc(C(N)=O)cc3c21. The van der Waals surface area contributed by atoms with Crippen molar-refractivity contribution < 1.29 is 4.79 Å². The summed E-state index contributed by atoms with van der Waals surface area (Å²) >= 11 is 0. The number of nitrogens with one attached hydrogen (secondary N) is 2. The molecule has 1 amide bonds. The lowest BCUT2D eigenvalue weighted by molar-refractivity contribution is 0.100. The summed E-state index contributed by atoms with van der Waals surface area (Å²) in [5.74, 6) is -0.372. The van der Waals surface area contributed by atoms with Crippen LogP contribution in [0.15, 0.2) is 18.2 Å². The fourth-order valence-corrected chi connectivity index (χ4v) is 2.93. The Bertz CT molecular complexity index is 615. The van der Waals surface area contributed by atoms with Crippen molar-refractivity contribution in [3.63, 3.8) is 0 Å². The molecule has 2 aromatic rings. The number of primary amides is 1. The largest absolute Gasteiger partial charge is 0.366 e. The Morgan fingerprint density at radius 3 is 3.06 bits per heavy atom. The molecule has 0 saturated carbocycles. The third-order valence-electron chi connectivity index (χ3n) is 3.82. The third kappa shape index (κ3) is 1.61. The Morgan fingerprint density at radius 1 is 1.50 bits per heavy atom. The molecule has 1 aliphatic carbocycles. The molecule has 4 nitrogen and oxygen atoms in total. The molecule has 1 atom stereocenters. The summed E-state index contributed by atoms with van der Waals surface area (Å²) in [4.78, 5) is 14.7. The number of nitrogens with two attached hydrogens (primary N) is 1. The lowest BCUT2D eigenvalue weighted by atomic mass is 9.90. The van der Waals surface area contributed by atoms with Gasteiger partial charge in [0.1, 0.15) is 0 Å². The van der Waals surface area contributed by atoms with Gasteiger partial charge in [-0.2, -0.15) is 0 Å². The highest BCUT2D eigenvalue weighted by Crippen LogP contribution is 2.35.